The van der Waals surface area contributed by atoms with Crippen molar-refractivity contribution in [3.05, 3.63) is 48.6 Å². The fourth-order valence-electron chi connectivity index (χ4n) is 2.67. The molecule has 3 heteroatoms. The molecule has 110 valence electrons. The van der Waals surface area contributed by atoms with Crippen LogP contribution in [0.3, 0.4) is 0 Å². The van der Waals surface area contributed by atoms with Crippen molar-refractivity contribution < 1.29 is 14.0 Å². The highest BCUT2D eigenvalue weighted by atomic mass is 16.6. The van der Waals surface area contributed by atoms with Gasteiger partial charge in [0, 0.05) is 18.1 Å². The second-order valence-corrected chi connectivity index (χ2v) is 5.00. The molecule has 1 atom stereocenters. The van der Waals surface area contributed by atoms with E-state index >= 15 is 0 Å². The molecule has 0 saturated heterocycles. The number of ether oxygens (including phenoxy) is 1. The number of quaternary nitrogens is 1. The number of hydrogen-bond acceptors (Lipinski definition) is 2. The van der Waals surface area contributed by atoms with Crippen LogP contribution in [0.2, 0.25) is 0 Å². The second-order valence-electron chi connectivity index (χ2n) is 5.00. The lowest BCUT2D eigenvalue weighted by molar-refractivity contribution is -0.978. The van der Waals surface area contributed by atoms with Crippen LogP contribution in [0.1, 0.15) is 32.8 Å². The first kappa shape index (κ1) is 16.4. The summed E-state index contributed by atoms with van der Waals surface area (Å²) in [6.07, 6.45) is 1.91. The SMILES string of the molecule is C=CC(=O)OC(CC)[N+](CC)(CC)Cc1ccccc1. The Balaban J connectivity index is 2.98. The molecule has 1 rings (SSSR count). The first-order chi connectivity index (χ1) is 9.61. The van der Waals surface area contributed by atoms with E-state index in [1.165, 1.54) is 11.6 Å². The summed E-state index contributed by atoms with van der Waals surface area (Å²) < 4.78 is 6.33. The van der Waals surface area contributed by atoms with Gasteiger partial charge in [0.15, 0.2) is 0 Å². The van der Waals surface area contributed by atoms with Gasteiger partial charge in [-0.3, -0.25) is 4.48 Å². The molecule has 20 heavy (non-hydrogen) atoms. The summed E-state index contributed by atoms with van der Waals surface area (Å²) in [5.41, 5.74) is 1.27. The van der Waals surface area contributed by atoms with Gasteiger partial charge in [0.2, 0.25) is 6.23 Å². The quantitative estimate of drug-likeness (QED) is 0.314. The molecule has 0 N–H and O–H groups in total. The average molecular weight is 276 g/mol. The molecule has 0 heterocycles. The molecule has 0 amide bonds. The van der Waals surface area contributed by atoms with E-state index in [9.17, 15) is 4.79 Å². The van der Waals surface area contributed by atoms with E-state index < -0.39 is 0 Å². The minimum atomic E-state index is -0.339. The lowest BCUT2D eigenvalue weighted by Crippen LogP contribution is -2.56. The highest BCUT2D eigenvalue weighted by molar-refractivity contribution is 5.81. The number of esters is 1. The summed E-state index contributed by atoms with van der Waals surface area (Å²) in [6.45, 7) is 12.6. The van der Waals surface area contributed by atoms with Crippen LogP contribution in [0, 0.1) is 0 Å². The van der Waals surface area contributed by atoms with Crippen molar-refractivity contribution >= 4 is 5.97 Å². The third-order valence-corrected chi connectivity index (χ3v) is 3.98. The molecular weight excluding hydrogens is 250 g/mol. The molecule has 1 unspecified atom stereocenters. The van der Waals surface area contributed by atoms with E-state index in [1.807, 2.05) is 18.2 Å². The number of carbonyl (C=O) groups is 1. The van der Waals surface area contributed by atoms with E-state index in [2.05, 4.69) is 39.5 Å². The largest absolute Gasteiger partial charge is 0.409 e. The smallest absolute Gasteiger partial charge is 0.334 e. The second kappa shape index (κ2) is 7.85. The Bertz CT molecular complexity index is 424. The predicted molar refractivity (Wildman–Crippen MR) is 81.9 cm³/mol. The van der Waals surface area contributed by atoms with Gasteiger partial charge in [-0.2, -0.15) is 0 Å². The summed E-state index contributed by atoms with van der Waals surface area (Å²) >= 11 is 0. The van der Waals surface area contributed by atoms with Crippen LogP contribution in [0.25, 0.3) is 0 Å². The maximum Gasteiger partial charge on any atom is 0.334 e. The van der Waals surface area contributed by atoms with Crippen molar-refractivity contribution in [2.45, 2.75) is 40.0 Å². The van der Waals surface area contributed by atoms with Crippen LogP contribution in [-0.4, -0.2) is 29.8 Å². The average Bonchev–Trinajstić information content (AvgIpc) is 2.51. The molecule has 0 aliphatic carbocycles. The van der Waals surface area contributed by atoms with E-state index in [4.69, 9.17) is 4.74 Å². The van der Waals surface area contributed by atoms with Crippen molar-refractivity contribution in [1.29, 1.82) is 0 Å². The van der Waals surface area contributed by atoms with Crippen LogP contribution >= 0.6 is 0 Å². The Labute approximate surface area is 122 Å². The third kappa shape index (κ3) is 3.94. The first-order valence-corrected chi connectivity index (χ1v) is 7.34. The lowest BCUT2D eigenvalue weighted by Gasteiger charge is -2.42. The van der Waals surface area contributed by atoms with Gasteiger partial charge in [0.05, 0.1) is 13.1 Å². The Morgan fingerprint density at radius 1 is 1.25 bits per heavy atom. The monoisotopic (exact) mass is 276 g/mol. The molecular formula is C17H26NO2+. The van der Waals surface area contributed by atoms with Gasteiger partial charge < -0.3 is 4.74 Å². The highest BCUT2D eigenvalue weighted by Gasteiger charge is 2.35. The van der Waals surface area contributed by atoms with Crippen LogP contribution in [0.5, 0.6) is 0 Å². The summed E-state index contributed by atoms with van der Waals surface area (Å²) in [5, 5.41) is 0. The fraction of sp³-hybridized carbons (Fsp3) is 0.471. The van der Waals surface area contributed by atoms with Gasteiger partial charge in [-0.1, -0.05) is 43.8 Å². The van der Waals surface area contributed by atoms with E-state index in [0.717, 1.165) is 30.5 Å². The Morgan fingerprint density at radius 2 is 1.85 bits per heavy atom. The molecule has 1 aromatic rings. The molecule has 1 aromatic carbocycles. The van der Waals surface area contributed by atoms with Gasteiger partial charge in [0.25, 0.3) is 0 Å². The predicted octanol–water partition coefficient (Wildman–Crippen LogP) is 3.51. The van der Waals surface area contributed by atoms with Gasteiger partial charge in [0.1, 0.15) is 6.54 Å². The molecule has 3 nitrogen and oxygen atoms in total. The zero-order valence-corrected chi connectivity index (χ0v) is 12.8. The Hall–Kier alpha value is -1.61. The highest BCUT2D eigenvalue weighted by Crippen LogP contribution is 2.22. The van der Waals surface area contributed by atoms with E-state index in [1.54, 1.807) is 0 Å². The standard InChI is InChI=1S/C17H26NO2/c1-5-16(20-17(19)6-2)18(7-3,8-4)14-15-12-10-9-11-13-15/h6,9-13,16H,2,5,7-8,14H2,1,3-4H3/q+1. The Kier molecular flexibility index (Phi) is 6.46. The van der Waals surface area contributed by atoms with Gasteiger partial charge in [-0.25, -0.2) is 4.79 Å². The fourth-order valence-corrected chi connectivity index (χ4v) is 2.67. The van der Waals surface area contributed by atoms with E-state index in [0.29, 0.717) is 0 Å². The molecule has 0 bridgehead atoms. The molecule has 0 radical (unpaired) electrons. The maximum absolute atomic E-state index is 11.6. The summed E-state index contributed by atoms with van der Waals surface area (Å²) in [7, 11) is 0. The molecule has 0 saturated carbocycles. The number of carbonyl (C=O) groups excluding carboxylic acids is 1. The van der Waals surface area contributed by atoms with Gasteiger partial charge in [-0.15, -0.1) is 0 Å². The molecule has 0 spiro atoms. The molecule has 0 aromatic heterocycles. The molecule has 0 aliphatic rings. The maximum atomic E-state index is 11.6. The van der Waals surface area contributed by atoms with Crippen LogP contribution in [-0.2, 0) is 16.1 Å². The zero-order valence-electron chi connectivity index (χ0n) is 12.8. The molecule has 0 aliphatic heterocycles. The minimum Gasteiger partial charge on any atom is -0.409 e. The zero-order chi connectivity index (χ0) is 15.0. The first-order valence-electron chi connectivity index (χ1n) is 7.34. The van der Waals surface area contributed by atoms with Crippen molar-refractivity contribution in [3.8, 4) is 0 Å². The van der Waals surface area contributed by atoms with Gasteiger partial charge in [-0.05, 0) is 13.8 Å². The number of rotatable bonds is 8. The van der Waals surface area contributed by atoms with Crippen molar-refractivity contribution in [2.75, 3.05) is 13.1 Å². The lowest BCUT2D eigenvalue weighted by atomic mass is 10.1. The summed E-state index contributed by atoms with van der Waals surface area (Å²) in [5.74, 6) is -0.339. The number of benzene rings is 1. The molecule has 0 fully saturated rings. The van der Waals surface area contributed by atoms with Crippen molar-refractivity contribution in [1.82, 2.24) is 0 Å². The summed E-state index contributed by atoms with van der Waals surface area (Å²) in [4.78, 5) is 11.6. The summed E-state index contributed by atoms with van der Waals surface area (Å²) in [6, 6.07) is 10.4. The Morgan fingerprint density at radius 3 is 2.30 bits per heavy atom. The van der Waals surface area contributed by atoms with Crippen LogP contribution in [0.4, 0.5) is 0 Å². The normalized spacial score (nSPS) is 12.8. The van der Waals surface area contributed by atoms with Crippen molar-refractivity contribution in [3.63, 3.8) is 0 Å². The van der Waals surface area contributed by atoms with Gasteiger partial charge >= 0.3 is 5.97 Å². The van der Waals surface area contributed by atoms with Crippen molar-refractivity contribution in [2.24, 2.45) is 0 Å². The van der Waals surface area contributed by atoms with Crippen LogP contribution in [0.15, 0.2) is 43.0 Å². The number of hydrogen-bond donors (Lipinski definition) is 0. The number of nitrogens with zero attached hydrogens (tertiary/aromatic N) is 1. The van der Waals surface area contributed by atoms with E-state index in [-0.39, 0.29) is 12.2 Å². The van der Waals surface area contributed by atoms with Crippen LogP contribution < -0.4 is 0 Å². The topological polar surface area (TPSA) is 26.3 Å². The third-order valence-electron chi connectivity index (χ3n) is 3.98. The minimum absolute atomic E-state index is 0.129.